The average molecular weight is 392 g/mol. The van der Waals surface area contributed by atoms with Crippen LogP contribution in [0.1, 0.15) is 36.2 Å². The number of fused-ring (bicyclic) bond motifs is 3. The molecule has 0 radical (unpaired) electrons. The van der Waals surface area contributed by atoms with Gasteiger partial charge in [0.05, 0.1) is 17.7 Å². The first-order valence-corrected chi connectivity index (χ1v) is 9.47. The van der Waals surface area contributed by atoms with Crippen LogP contribution in [0.25, 0.3) is 33.1 Å². The molecule has 1 aliphatic rings. The second-order valence-corrected chi connectivity index (χ2v) is 7.08. The topological polar surface area (TPSA) is 74.3 Å². The van der Waals surface area contributed by atoms with Gasteiger partial charge in [0, 0.05) is 17.0 Å². The Kier molecular flexibility index (Phi) is 3.97. The third kappa shape index (κ3) is 2.81. The molecule has 7 heteroatoms. The molecule has 1 fully saturated rings. The van der Waals surface area contributed by atoms with E-state index in [2.05, 4.69) is 4.98 Å². The van der Waals surface area contributed by atoms with Gasteiger partial charge in [0.2, 0.25) is 0 Å². The molecule has 0 saturated heterocycles. The predicted octanol–water partition coefficient (Wildman–Crippen LogP) is 4.46. The number of hydrogen-bond donors (Lipinski definition) is 0. The lowest BCUT2D eigenvalue weighted by Gasteiger charge is -2.12. The molecule has 0 atom stereocenters. The lowest BCUT2D eigenvalue weighted by atomic mass is 10.0. The van der Waals surface area contributed by atoms with E-state index in [0.717, 1.165) is 12.8 Å². The van der Waals surface area contributed by atoms with Crippen molar-refractivity contribution in [2.45, 2.75) is 25.8 Å². The molecule has 0 N–H and O–H groups in total. The van der Waals surface area contributed by atoms with Crippen LogP contribution in [0.3, 0.4) is 0 Å². The van der Waals surface area contributed by atoms with E-state index in [1.165, 1.54) is 12.5 Å². The van der Waals surface area contributed by atoms with Gasteiger partial charge >= 0.3 is 5.97 Å². The van der Waals surface area contributed by atoms with Crippen LogP contribution < -0.4 is 5.56 Å². The average Bonchev–Trinajstić information content (AvgIpc) is 3.43. The molecule has 2 aromatic heterocycles. The Labute approximate surface area is 164 Å². The second-order valence-electron chi connectivity index (χ2n) is 7.08. The van der Waals surface area contributed by atoms with E-state index in [1.807, 2.05) is 0 Å². The smallest absolute Gasteiger partial charge is 0.338 e. The molecule has 6 nitrogen and oxygen atoms in total. The van der Waals surface area contributed by atoms with Crippen molar-refractivity contribution in [3.05, 3.63) is 64.5 Å². The van der Waals surface area contributed by atoms with E-state index >= 15 is 4.39 Å². The number of ether oxygens (including phenoxy) is 1. The summed E-state index contributed by atoms with van der Waals surface area (Å²) in [7, 11) is 0. The van der Waals surface area contributed by atoms with Crippen LogP contribution in [0.5, 0.6) is 0 Å². The zero-order valence-corrected chi connectivity index (χ0v) is 15.6. The Morgan fingerprint density at radius 1 is 1.28 bits per heavy atom. The highest BCUT2D eigenvalue weighted by atomic mass is 19.1. The fraction of sp³-hybridized carbons (Fsp3) is 0.227. The summed E-state index contributed by atoms with van der Waals surface area (Å²) in [6, 6.07) is 9.69. The number of rotatable bonds is 4. The van der Waals surface area contributed by atoms with E-state index in [0.29, 0.717) is 33.2 Å². The Morgan fingerprint density at radius 3 is 2.72 bits per heavy atom. The van der Waals surface area contributed by atoms with Crippen molar-refractivity contribution in [2.75, 3.05) is 6.61 Å². The highest BCUT2D eigenvalue weighted by Crippen LogP contribution is 2.39. The molecule has 146 valence electrons. The minimum absolute atomic E-state index is 0.0931. The molecule has 2 heterocycles. The minimum atomic E-state index is -0.444. The SMILES string of the molecule is CCOC(=O)c1ccc(-c2cc3c(cc2F)c2ocnc2c(=O)n3C2CC2)cc1. The molecule has 0 unspecified atom stereocenters. The molecule has 0 aliphatic heterocycles. The van der Waals surface area contributed by atoms with E-state index in [9.17, 15) is 9.59 Å². The number of halogens is 1. The van der Waals surface area contributed by atoms with Gasteiger partial charge in [-0.2, -0.15) is 0 Å². The number of aromatic nitrogens is 2. The largest absolute Gasteiger partial charge is 0.462 e. The Bertz CT molecular complexity index is 1320. The third-order valence-corrected chi connectivity index (χ3v) is 5.20. The van der Waals surface area contributed by atoms with Crippen LogP contribution in [-0.2, 0) is 4.74 Å². The summed E-state index contributed by atoms with van der Waals surface area (Å²) in [5, 5.41) is 0.522. The van der Waals surface area contributed by atoms with Crippen molar-refractivity contribution in [3.8, 4) is 11.1 Å². The number of pyridine rings is 1. The predicted molar refractivity (Wildman–Crippen MR) is 105 cm³/mol. The Morgan fingerprint density at radius 2 is 2.03 bits per heavy atom. The van der Waals surface area contributed by atoms with Crippen LogP contribution in [0.4, 0.5) is 4.39 Å². The van der Waals surface area contributed by atoms with Gasteiger partial charge < -0.3 is 13.7 Å². The fourth-order valence-electron chi connectivity index (χ4n) is 3.67. The highest BCUT2D eigenvalue weighted by Gasteiger charge is 2.29. The lowest BCUT2D eigenvalue weighted by Crippen LogP contribution is -2.20. The molecule has 0 spiro atoms. The molecule has 5 rings (SSSR count). The summed E-state index contributed by atoms with van der Waals surface area (Å²) in [5.74, 6) is -0.867. The molecule has 2 aromatic carbocycles. The van der Waals surface area contributed by atoms with Crippen molar-refractivity contribution in [2.24, 2.45) is 0 Å². The number of esters is 1. The normalized spacial score (nSPS) is 13.9. The van der Waals surface area contributed by atoms with Crippen LogP contribution in [0.2, 0.25) is 0 Å². The number of nitrogens with zero attached hydrogens (tertiary/aromatic N) is 2. The number of benzene rings is 2. The van der Waals surface area contributed by atoms with E-state index < -0.39 is 11.8 Å². The Hall–Kier alpha value is -3.48. The summed E-state index contributed by atoms with van der Waals surface area (Å²) in [6.07, 6.45) is 3.02. The van der Waals surface area contributed by atoms with Crippen molar-refractivity contribution >= 4 is 28.0 Å². The van der Waals surface area contributed by atoms with Crippen molar-refractivity contribution in [1.29, 1.82) is 0 Å². The van der Waals surface area contributed by atoms with Gasteiger partial charge in [-0.15, -0.1) is 0 Å². The molecule has 4 aromatic rings. The van der Waals surface area contributed by atoms with Gasteiger partial charge in [0.1, 0.15) is 5.82 Å². The minimum Gasteiger partial charge on any atom is -0.462 e. The second kappa shape index (κ2) is 6.55. The summed E-state index contributed by atoms with van der Waals surface area (Å²) in [5.41, 5.74) is 2.26. The van der Waals surface area contributed by atoms with Gasteiger partial charge in [-0.3, -0.25) is 4.79 Å². The van der Waals surface area contributed by atoms with Gasteiger partial charge in [0.25, 0.3) is 5.56 Å². The van der Waals surface area contributed by atoms with Crippen molar-refractivity contribution in [3.63, 3.8) is 0 Å². The van der Waals surface area contributed by atoms with Gasteiger partial charge in [0.15, 0.2) is 17.5 Å². The number of hydrogen-bond acceptors (Lipinski definition) is 5. The summed E-state index contributed by atoms with van der Waals surface area (Å²) in [6.45, 7) is 2.02. The summed E-state index contributed by atoms with van der Waals surface area (Å²) in [4.78, 5) is 28.8. The monoisotopic (exact) mass is 392 g/mol. The number of carbonyl (C=O) groups is 1. The summed E-state index contributed by atoms with van der Waals surface area (Å²) < 4.78 is 27.1. The van der Waals surface area contributed by atoms with Gasteiger partial charge in [-0.25, -0.2) is 14.2 Å². The molecule has 1 aliphatic carbocycles. The van der Waals surface area contributed by atoms with E-state index in [-0.39, 0.29) is 23.7 Å². The molecule has 0 amide bonds. The lowest BCUT2D eigenvalue weighted by molar-refractivity contribution is 0.0526. The molecular weight excluding hydrogens is 375 g/mol. The summed E-state index contributed by atoms with van der Waals surface area (Å²) >= 11 is 0. The Balaban J connectivity index is 1.70. The standard InChI is InChI=1S/C22H17FN2O4/c1-2-28-22(27)13-5-3-12(4-6-13)15-10-18-16(9-17(15)23)20-19(24-11-29-20)21(26)25(18)14-7-8-14/h3-6,9-11,14H,2,7-8H2,1H3. The molecule has 1 saturated carbocycles. The van der Waals surface area contributed by atoms with Crippen LogP contribution >= 0.6 is 0 Å². The quantitative estimate of drug-likeness (QED) is 0.480. The maximum Gasteiger partial charge on any atom is 0.338 e. The van der Waals surface area contributed by atoms with E-state index in [1.54, 1.807) is 41.8 Å². The van der Waals surface area contributed by atoms with Crippen LogP contribution in [0, 0.1) is 5.82 Å². The number of carbonyl (C=O) groups excluding carboxylic acids is 1. The molecule has 0 bridgehead atoms. The zero-order valence-electron chi connectivity index (χ0n) is 15.6. The van der Waals surface area contributed by atoms with Gasteiger partial charge in [-0.1, -0.05) is 12.1 Å². The van der Waals surface area contributed by atoms with Gasteiger partial charge in [-0.05, 0) is 49.6 Å². The van der Waals surface area contributed by atoms with Crippen LogP contribution in [-0.4, -0.2) is 22.1 Å². The van der Waals surface area contributed by atoms with Crippen molar-refractivity contribution in [1.82, 2.24) is 9.55 Å². The van der Waals surface area contributed by atoms with Crippen molar-refractivity contribution < 1.29 is 18.3 Å². The zero-order chi connectivity index (χ0) is 20.1. The highest BCUT2D eigenvalue weighted by molar-refractivity contribution is 6.02. The third-order valence-electron chi connectivity index (χ3n) is 5.20. The van der Waals surface area contributed by atoms with E-state index in [4.69, 9.17) is 9.15 Å². The molecular formula is C22H17FN2O4. The first-order valence-electron chi connectivity index (χ1n) is 9.47. The maximum atomic E-state index is 15.0. The molecule has 29 heavy (non-hydrogen) atoms. The number of oxazole rings is 1. The maximum absolute atomic E-state index is 15.0. The first-order chi connectivity index (χ1) is 14.1. The fourth-order valence-corrected chi connectivity index (χ4v) is 3.67. The first kappa shape index (κ1) is 17.6. The van der Waals surface area contributed by atoms with Crippen LogP contribution in [0.15, 0.2) is 52.0 Å².